The highest BCUT2D eigenvalue weighted by atomic mass is 16.5. The number of methoxy groups -OCH3 is 1. The number of rotatable bonds is 4. The van der Waals surface area contributed by atoms with Gasteiger partial charge in [-0.15, -0.1) is 0 Å². The summed E-state index contributed by atoms with van der Waals surface area (Å²) >= 11 is 0. The van der Waals surface area contributed by atoms with Gasteiger partial charge in [-0.25, -0.2) is 4.79 Å². The van der Waals surface area contributed by atoms with E-state index in [-0.39, 0.29) is 12.3 Å². The van der Waals surface area contributed by atoms with E-state index < -0.39 is 17.6 Å². The summed E-state index contributed by atoms with van der Waals surface area (Å²) in [4.78, 5) is 24.6. The molecule has 6 nitrogen and oxygen atoms in total. The number of hydrogen-bond donors (Lipinski definition) is 1. The van der Waals surface area contributed by atoms with Gasteiger partial charge in [0.1, 0.15) is 0 Å². The Bertz CT molecular complexity index is 599. The summed E-state index contributed by atoms with van der Waals surface area (Å²) in [6, 6.07) is 8.41. The zero-order chi connectivity index (χ0) is 16.3. The van der Waals surface area contributed by atoms with Gasteiger partial charge in [0.05, 0.1) is 7.11 Å². The lowest BCUT2D eigenvalue weighted by Crippen LogP contribution is -2.53. The summed E-state index contributed by atoms with van der Waals surface area (Å²) in [5.41, 5.74) is -1.13. The number of carbonyl (C=O) groups is 2. The van der Waals surface area contributed by atoms with E-state index >= 15 is 0 Å². The van der Waals surface area contributed by atoms with Gasteiger partial charge in [0, 0.05) is 17.7 Å². The van der Waals surface area contributed by atoms with Crippen LogP contribution in [0.4, 0.5) is 0 Å². The van der Waals surface area contributed by atoms with Crippen molar-refractivity contribution in [3.05, 3.63) is 35.9 Å². The molecule has 2 rings (SSSR count). The zero-order valence-electron chi connectivity index (χ0n) is 12.9. The van der Waals surface area contributed by atoms with Crippen molar-refractivity contribution in [3.8, 4) is 0 Å². The van der Waals surface area contributed by atoms with Crippen LogP contribution in [-0.4, -0.2) is 40.5 Å². The monoisotopic (exact) mass is 304 g/mol. The van der Waals surface area contributed by atoms with Gasteiger partial charge in [-0.2, -0.15) is 10.1 Å². The Morgan fingerprint density at radius 1 is 1.41 bits per heavy atom. The van der Waals surface area contributed by atoms with Crippen molar-refractivity contribution in [1.82, 2.24) is 5.01 Å². The number of benzene rings is 1. The van der Waals surface area contributed by atoms with Gasteiger partial charge >= 0.3 is 5.97 Å². The fraction of sp³-hybridized carbons (Fsp3) is 0.438. The molecule has 0 aliphatic carbocycles. The number of hydrazone groups is 1. The Balaban J connectivity index is 2.40. The Labute approximate surface area is 129 Å². The third-order valence-corrected chi connectivity index (χ3v) is 3.91. The average molecular weight is 304 g/mol. The molecule has 1 heterocycles. The lowest BCUT2D eigenvalue weighted by Gasteiger charge is -2.28. The fourth-order valence-corrected chi connectivity index (χ4v) is 2.32. The van der Waals surface area contributed by atoms with E-state index in [0.717, 1.165) is 11.4 Å². The fourth-order valence-electron chi connectivity index (χ4n) is 2.32. The third-order valence-electron chi connectivity index (χ3n) is 3.91. The van der Waals surface area contributed by atoms with Crippen LogP contribution in [0.3, 0.4) is 0 Å². The highest BCUT2D eigenvalue weighted by Gasteiger charge is 2.52. The van der Waals surface area contributed by atoms with Crippen LogP contribution in [0.15, 0.2) is 35.4 Å². The summed E-state index contributed by atoms with van der Waals surface area (Å²) in [5.74, 6) is -1.37. The molecule has 118 valence electrons. The van der Waals surface area contributed by atoms with Gasteiger partial charge in [-0.1, -0.05) is 32.0 Å². The van der Waals surface area contributed by atoms with Crippen LogP contribution in [0.5, 0.6) is 0 Å². The van der Waals surface area contributed by atoms with Gasteiger partial charge in [0.15, 0.2) is 0 Å². The molecule has 22 heavy (non-hydrogen) atoms. The predicted octanol–water partition coefficient (Wildman–Crippen LogP) is 1.80. The molecule has 0 saturated carbocycles. The summed E-state index contributed by atoms with van der Waals surface area (Å²) in [6.45, 7) is 3.92. The standard InChI is InChI=1S/C16H20N2O4/c1-4-11(2)13-10-16(21,15(20)22-3)18(17-13)14(19)12-8-6-5-7-9-12/h5-9,11,21H,4,10H2,1-3H3/t11-,16-/m1/s1. The summed E-state index contributed by atoms with van der Waals surface area (Å²) in [7, 11) is 1.17. The van der Waals surface area contributed by atoms with E-state index in [1.165, 1.54) is 7.11 Å². The molecule has 1 aromatic rings. The molecule has 1 aliphatic rings. The van der Waals surface area contributed by atoms with Crippen LogP contribution < -0.4 is 0 Å². The second-order valence-corrected chi connectivity index (χ2v) is 5.37. The van der Waals surface area contributed by atoms with Crippen LogP contribution in [0.1, 0.15) is 37.0 Å². The van der Waals surface area contributed by atoms with Crippen LogP contribution >= 0.6 is 0 Å². The largest absolute Gasteiger partial charge is 0.465 e. The number of amides is 1. The van der Waals surface area contributed by atoms with Crippen molar-refractivity contribution in [2.45, 2.75) is 32.4 Å². The SMILES string of the molecule is CC[C@@H](C)C1=NN(C(=O)c2ccccc2)[C@](O)(C(=O)OC)C1. The van der Waals surface area contributed by atoms with E-state index in [1.54, 1.807) is 30.3 Å². The molecule has 0 spiro atoms. The number of esters is 1. The average Bonchev–Trinajstić information content (AvgIpc) is 2.92. The zero-order valence-corrected chi connectivity index (χ0v) is 12.9. The highest BCUT2D eigenvalue weighted by Crippen LogP contribution is 2.31. The Hall–Kier alpha value is -2.21. The molecule has 0 bridgehead atoms. The number of hydrogen-bond acceptors (Lipinski definition) is 5. The molecule has 0 radical (unpaired) electrons. The number of nitrogens with zero attached hydrogens (tertiary/aromatic N) is 2. The maximum absolute atomic E-state index is 12.6. The summed E-state index contributed by atoms with van der Waals surface area (Å²) in [5, 5.41) is 15.7. The number of carbonyl (C=O) groups excluding carboxylic acids is 2. The van der Waals surface area contributed by atoms with Crippen molar-refractivity contribution < 1.29 is 19.4 Å². The highest BCUT2D eigenvalue weighted by molar-refractivity contribution is 6.03. The molecule has 1 N–H and O–H groups in total. The molecule has 1 amide bonds. The molecule has 1 aliphatic heterocycles. The van der Waals surface area contributed by atoms with Gasteiger partial charge in [0.2, 0.25) is 0 Å². The molecule has 2 atom stereocenters. The molecule has 0 fully saturated rings. The lowest BCUT2D eigenvalue weighted by atomic mass is 9.96. The smallest absolute Gasteiger partial charge is 0.361 e. The molecular formula is C16H20N2O4. The van der Waals surface area contributed by atoms with E-state index in [2.05, 4.69) is 9.84 Å². The lowest BCUT2D eigenvalue weighted by molar-refractivity contribution is -0.176. The molecule has 0 saturated heterocycles. The normalized spacial score (nSPS) is 22.2. The molecule has 6 heteroatoms. The second-order valence-electron chi connectivity index (χ2n) is 5.37. The van der Waals surface area contributed by atoms with Gasteiger partial charge < -0.3 is 9.84 Å². The van der Waals surface area contributed by atoms with Crippen molar-refractivity contribution in [3.63, 3.8) is 0 Å². The Morgan fingerprint density at radius 3 is 2.59 bits per heavy atom. The first-order valence-corrected chi connectivity index (χ1v) is 7.21. The van der Waals surface area contributed by atoms with Crippen LogP contribution in [-0.2, 0) is 9.53 Å². The van der Waals surface area contributed by atoms with Crippen molar-refractivity contribution >= 4 is 17.6 Å². The van der Waals surface area contributed by atoms with E-state index in [0.29, 0.717) is 11.3 Å². The molecule has 1 aromatic carbocycles. The number of aliphatic hydroxyl groups is 1. The van der Waals surface area contributed by atoms with Gasteiger partial charge in [0.25, 0.3) is 11.6 Å². The Kier molecular flexibility index (Phi) is 4.61. The second kappa shape index (κ2) is 6.27. The molecule has 0 aromatic heterocycles. The summed E-state index contributed by atoms with van der Waals surface area (Å²) in [6.07, 6.45) is 0.761. The first-order chi connectivity index (χ1) is 10.4. The van der Waals surface area contributed by atoms with Crippen LogP contribution in [0.2, 0.25) is 0 Å². The van der Waals surface area contributed by atoms with Crippen molar-refractivity contribution in [2.75, 3.05) is 7.11 Å². The quantitative estimate of drug-likeness (QED) is 0.860. The first kappa shape index (κ1) is 16.2. The topological polar surface area (TPSA) is 79.2 Å². The third kappa shape index (κ3) is 2.74. The first-order valence-electron chi connectivity index (χ1n) is 7.21. The minimum Gasteiger partial charge on any atom is -0.465 e. The van der Waals surface area contributed by atoms with Crippen molar-refractivity contribution in [1.29, 1.82) is 0 Å². The van der Waals surface area contributed by atoms with Crippen molar-refractivity contribution in [2.24, 2.45) is 11.0 Å². The minimum atomic E-state index is -2.08. The van der Waals surface area contributed by atoms with Crippen LogP contribution in [0.25, 0.3) is 0 Å². The van der Waals surface area contributed by atoms with E-state index in [1.807, 2.05) is 13.8 Å². The Morgan fingerprint density at radius 2 is 2.05 bits per heavy atom. The van der Waals surface area contributed by atoms with Gasteiger partial charge in [-0.3, -0.25) is 4.79 Å². The maximum atomic E-state index is 12.6. The molecule has 0 unspecified atom stereocenters. The molecular weight excluding hydrogens is 284 g/mol. The number of ether oxygens (including phenoxy) is 1. The van der Waals surface area contributed by atoms with E-state index in [4.69, 9.17) is 0 Å². The van der Waals surface area contributed by atoms with E-state index in [9.17, 15) is 14.7 Å². The van der Waals surface area contributed by atoms with Crippen LogP contribution in [0, 0.1) is 5.92 Å². The maximum Gasteiger partial charge on any atom is 0.361 e. The minimum absolute atomic E-state index is 0.0345. The van der Waals surface area contributed by atoms with Gasteiger partial charge in [-0.05, 0) is 24.5 Å². The predicted molar refractivity (Wildman–Crippen MR) is 81.1 cm³/mol. The summed E-state index contributed by atoms with van der Waals surface area (Å²) < 4.78 is 4.66.